The first kappa shape index (κ1) is 28.5. The Morgan fingerprint density at radius 2 is 1.95 bits per heavy atom. The molecule has 204 valence electrons. The maximum Gasteiger partial charge on any atom is 0.338 e. The number of ether oxygens (including phenoxy) is 2. The molecule has 1 aliphatic heterocycles. The van der Waals surface area contributed by atoms with Gasteiger partial charge in [0.1, 0.15) is 5.75 Å². The quantitative estimate of drug-likeness (QED) is 0.109. The van der Waals surface area contributed by atoms with Crippen LogP contribution in [0.3, 0.4) is 0 Å². The number of nitro benzene ring substituents is 2. The number of esters is 1. The molecule has 1 amide bonds. The summed E-state index contributed by atoms with van der Waals surface area (Å²) in [5, 5.41) is 41.9. The number of carbonyl (C=O) groups excluding carboxylic acids is 2. The zero-order valence-electron chi connectivity index (χ0n) is 20.5. The van der Waals surface area contributed by atoms with Crippen molar-refractivity contribution in [1.29, 1.82) is 0 Å². The minimum Gasteiger partial charge on any atom is -0.502 e. The van der Waals surface area contributed by atoms with Gasteiger partial charge in [0, 0.05) is 17.3 Å². The highest BCUT2D eigenvalue weighted by Crippen LogP contribution is 2.34. The molecule has 0 bridgehead atoms. The van der Waals surface area contributed by atoms with E-state index in [1.807, 2.05) is 0 Å². The average molecular weight is 559 g/mol. The van der Waals surface area contributed by atoms with Crippen LogP contribution in [-0.2, 0) is 14.3 Å². The van der Waals surface area contributed by atoms with Crippen LogP contribution in [0.5, 0.6) is 11.5 Å². The van der Waals surface area contributed by atoms with Gasteiger partial charge in [0.2, 0.25) is 5.75 Å². The van der Waals surface area contributed by atoms with E-state index in [4.69, 9.17) is 21.7 Å². The number of hydrogen-bond acceptors (Lipinski definition) is 11. The summed E-state index contributed by atoms with van der Waals surface area (Å²) in [6.45, 7) is 2.97. The Balaban J connectivity index is 1.75. The number of hydrazone groups is 1. The van der Waals surface area contributed by atoms with Crippen molar-refractivity contribution in [2.24, 2.45) is 5.10 Å². The summed E-state index contributed by atoms with van der Waals surface area (Å²) in [5.74, 6) is -1.93. The highest BCUT2D eigenvalue weighted by Gasteiger charge is 2.32. The van der Waals surface area contributed by atoms with Gasteiger partial charge in [-0.15, -0.1) is 0 Å². The second kappa shape index (κ2) is 12.4. The number of hydrogen-bond donors (Lipinski definition) is 4. The fourth-order valence-corrected chi connectivity index (χ4v) is 3.85. The van der Waals surface area contributed by atoms with Crippen LogP contribution >= 0.6 is 12.2 Å². The molecular weight excluding hydrogens is 536 g/mol. The summed E-state index contributed by atoms with van der Waals surface area (Å²) in [6, 6.07) is 7.36. The minimum atomic E-state index is -0.989. The molecule has 0 saturated carbocycles. The van der Waals surface area contributed by atoms with E-state index in [-0.39, 0.29) is 28.6 Å². The third-order valence-electron chi connectivity index (χ3n) is 5.26. The third kappa shape index (κ3) is 6.80. The van der Waals surface area contributed by atoms with Gasteiger partial charge in [0.15, 0.2) is 11.7 Å². The molecule has 1 aliphatic rings. The van der Waals surface area contributed by atoms with Gasteiger partial charge < -0.3 is 25.2 Å². The van der Waals surface area contributed by atoms with Crippen molar-refractivity contribution in [2.45, 2.75) is 19.9 Å². The Hall–Kier alpha value is -5.12. The Morgan fingerprint density at radius 1 is 1.23 bits per heavy atom. The summed E-state index contributed by atoms with van der Waals surface area (Å²) in [5.41, 5.74) is 1.48. The number of thiocarbonyl (C=S) groups is 1. The fourth-order valence-electron chi connectivity index (χ4n) is 3.58. The van der Waals surface area contributed by atoms with Crippen LogP contribution in [0, 0.1) is 20.2 Å². The Morgan fingerprint density at radius 3 is 2.62 bits per heavy atom. The number of benzene rings is 2. The maximum atomic E-state index is 12.6. The molecule has 0 saturated heterocycles. The molecular formula is C23H22N6O9S. The molecule has 2 aromatic carbocycles. The molecule has 0 unspecified atom stereocenters. The van der Waals surface area contributed by atoms with Crippen LogP contribution < -0.4 is 20.8 Å². The smallest absolute Gasteiger partial charge is 0.338 e. The Kier molecular flexibility index (Phi) is 9.06. The van der Waals surface area contributed by atoms with Crippen molar-refractivity contribution in [3.63, 3.8) is 0 Å². The molecule has 0 aromatic heterocycles. The molecule has 3 rings (SSSR count). The van der Waals surface area contributed by atoms with Crippen molar-refractivity contribution in [2.75, 3.05) is 13.2 Å². The lowest BCUT2D eigenvalue weighted by Gasteiger charge is -2.30. The van der Waals surface area contributed by atoms with Gasteiger partial charge in [0.05, 0.1) is 45.9 Å². The number of aromatic hydroxyl groups is 1. The Labute approximate surface area is 225 Å². The summed E-state index contributed by atoms with van der Waals surface area (Å²) in [7, 11) is 0. The number of allylic oxidation sites excluding steroid dienone is 1. The number of nitro groups is 2. The van der Waals surface area contributed by atoms with E-state index in [0.717, 1.165) is 12.3 Å². The van der Waals surface area contributed by atoms with Crippen LogP contribution in [0.1, 0.15) is 31.0 Å². The van der Waals surface area contributed by atoms with Gasteiger partial charge in [-0.1, -0.05) is 18.2 Å². The number of rotatable bonds is 10. The van der Waals surface area contributed by atoms with E-state index in [1.54, 1.807) is 38.1 Å². The van der Waals surface area contributed by atoms with Gasteiger partial charge in [0.25, 0.3) is 11.6 Å². The molecule has 0 aliphatic carbocycles. The lowest BCUT2D eigenvalue weighted by Crippen LogP contribution is -2.45. The van der Waals surface area contributed by atoms with Gasteiger partial charge in [-0.25, -0.2) is 10.2 Å². The number of phenols is 1. The van der Waals surface area contributed by atoms with Crippen molar-refractivity contribution in [1.82, 2.24) is 16.1 Å². The standard InChI is InChI=1S/C23H22N6O9S/c1-3-37-22(32)19-12(2)25-23(39)26-20(19)15-6-4-5-7-17(15)38-11-18(30)27-24-10-13-8-14(28(33)34)9-16(21(13)31)29(35)36/h4-10,20,31H,3,11H2,1-2H3,(H,27,30)(H2,25,26,39)/t20-/m1/s1. The summed E-state index contributed by atoms with van der Waals surface area (Å²) in [6.07, 6.45) is 0.820. The first-order valence-electron chi connectivity index (χ1n) is 11.2. The first-order chi connectivity index (χ1) is 18.5. The third-order valence-corrected chi connectivity index (χ3v) is 5.48. The predicted octanol–water partition coefficient (Wildman–Crippen LogP) is 2.09. The number of nitrogens with zero attached hydrogens (tertiary/aromatic N) is 3. The summed E-state index contributed by atoms with van der Waals surface area (Å²) >= 11 is 5.23. The number of para-hydroxylation sites is 1. The summed E-state index contributed by atoms with van der Waals surface area (Å²) in [4.78, 5) is 45.2. The van der Waals surface area contributed by atoms with Crippen molar-refractivity contribution >= 4 is 46.8 Å². The normalized spacial score (nSPS) is 14.8. The fraction of sp³-hybridized carbons (Fsp3) is 0.217. The number of non-ortho nitro benzene ring substituents is 1. The molecule has 4 N–H and O–H groups in total. The van der Waals surface area contributed by atoms with Crippen LogP contribution in [0.4, 0.5) is 11.4 Å². The van der Waals surface area contributed by atoms with E-state index < -0.39 is 51.5 Å². The van der Waals surface area contributed by atoms with Gasteiger partial charge >= 0.3 is 11.7 Å². The monoisotopic (exact) mass is 558 g/mol. The molecule has 0 spiro atoms. The van der Waals surface area contributed by atoms with Crippen LogP contribution in [0.15, 0.2) is 52.8 Å². The zero-order chi connectivity index (χ0) is 28.7. The van der Waals surface area contributed by atoms with E-state index >= 15 is 0 Å². The number of phenolic OH excluding ortho intramolecular Hbond substituents is 1. The van der Waals surface area contributed by atoms with E-state index in [2.05, 4.69) is 21.2 Å². The lowest BCUT2D eigenvalue weighted by atomic mass is 9.95. The van der Waals surface area contributed by atoms with Crippen LogP contribution in [0.25, 0.3) is 0 Å². The minimum absolute atomic E-state index is 0.160. The van der Waals surface area contributed by atoms with Crippen LogP contribution in [0.2, 0.25) is 0 Å². The molecule has 1 atom stereocenters. The van der Waals surface area contributed by atoms with Crippen molar-refractivity contribution in [3.8, 4) is 11.5 Å². The van der Waals surface area contributed by atoms with Crippen LogP contribution in [-0.4, -0.2) is 51.4 Å². The highest BCUT2D eigenvalue weighted by atomic mass is 32.1. The average Bonchev–Trinajstić information content (AvgIpc) is 2.87. The molecule has 1 heterocycles. The number of carbonyl (C=O) groups is 2. The SMILES string of the molecule is CCOC(=O)C1=C(C)NC(=S)N[C@@H]1c1ccccc1OCC(=O)NN=Cc1cc([N+](=O)[O-])cc([N+](=O)[O-])c1O. The molecule has 15 nitrogen and oxygen atoms in total. The molecule has 0 fully saturated rings. The van der Waals surface area contributed by atoms with Crippen molar-refractivity contribution in [3.05, 3.63) is 79.0 Å². The predicted molar refractivity (Wildman–Crippen MR) is 140 cm³/mol. The maximum absolute atomic E-state index is 12.6. The van der Waals surface area contributed by atoms with E-state index in [1.165, 1.54) is 0 Å². The van der Waals surface area contributed by atoms with Gasteiger partial charge in [-0.2, -0.15) is 5.10 Å². The molecule has 16 heteroatoms. The first-order valence-corrected chi connectivity index (χ1v) is 11.6. The zero-order valence-corrected chi connectivity index (χ0v) is 21.3. The molecule has 39 heavy (non-hydrogen) atoms. The second-order valence-corrected chi connectivity index (χ2v) is 8.24. The largest absolute Gasteiger partial charge is 0.502 e. The highest BCUT2D eigenvalue weighted by molar-refractivity contribution is 7.80. The summed E-state index contributed by atoms with van der Waals surface area (Å²) < 4.78 is 10.8. The Bertz CT molecular complexity index is 1410. The van der Waals surface area contributed by atoms with Crippen molar-refractivity contribution < 1.29 is 34.0 Å². The topological polar surface area (TPSA) is 208 Å². The number of nitrogens with one attached hydrogen (secondary N) is 3. The van der Waals surface area contributed by atoms with E-state index in [9.17, 15) is 34.9 Å². The molecule has 0 radical (unpaired) electrons. The van der Waals surface area contributed by atoms with E-state index in [0.29, 0.717) is 17.3 Å². The second-order valence-electron chi connectivity index (χ2n) is 7.83. The van der Waals surface area contributed by atoms with Gasteiger partial charge in [-0.05, 0) is 32.1 Å². The molecule has 2 aromatic rings. The van der Waals surface area contributed by atoms with Gasteiger partial charge in [-0.3, -0.25) is 25.0 Å². The lowest BCUT2D eigenvalue weighted by molar-refractivity contribution is -0.394. The number of amides is 1.